The van der Waals surface area contributed by atoms with E-state index in [1.54, 1.807) is 0 Å². The molecule has 1 unspecified atom stereocenters. The predicted octanol–water partition coefficient (Wildman–Crippen LogP) is 4.63. The van der Waals surface area contributed by atoms with Gasteiger partial charge in [0.05, 0.1) is 11.7 Å². The number of hydrogen-bond acceptors (Lipinski definition) is 2. The van der Waals surface area contributed by atoms with Crippen LogP contribution in [0.15, 0.2) is 0 Å². The summed E-state index contributed by atoms with van der Waals surface area (Å²) in [5, 5.41) is 21.0. The van der Waals surface area contributed by atoms with Crippen LogP contribution in [0.4, 0.5) is 0 Å². The molecule has 0 aliphatic heterocycles. The van der Waals surface area contributed by atoms with Crippen LogP contribution in [0.2, 0.25) is 0 Å². The zero-order valence-electron chi connectivity index (χ0n) is 16.2. The van der Waals surface area contributed by atoms with Gasteiger partial charge in [-0.2, -0.15) is 0 Å². The van der Waals surface area contributed by atoms with E-state index in [-0.39, 0.29) is 6.10 Å². The second-order valence-electron chi connectivity index (χ2n) is 10.6. The SMILES string of the molecule is CC(O)[C@H]1CC[C@H]2[C@@H]3CC[C@H]4C[C@](C)(O)[C@@H](C)C[C@@H]4[C@H]3CC[C@]12C. The average molecular weight is 335 g/mol. The first kappa shape index (κ1) is 17.3. The van der Waals surface area contributed by atoms with Gasteiger partial charge in [-0.25, -0.2) is 0 Å². The lowest BCUT2D eigenvalue weighted by atomic mass is 9.48. The van der Waals surface area contributed by atoms with E-state index < -0.39 is 5.60 Å². The van der Waals surface area contributed by atoms with Crippen LogP contribution in [0, 0.1) is 46.8 Å². The van der Waals surface area contributed by atoms with Crippen molar-refractivity contribution in [2.24, 2.45) is 46.8 Å². The fraction of sp³-hybridized carbons (Fsp3) is 1.00. The highest BCUT2D eigenvalue weighted by Crippen LogP contribution is 2.65. The molecule has 4 aliphatic carbocycles. The fourth-order valence-electron chi connectivity index (χ4n) is 8.08. The topological polar surface area (TPSA) is 40.5 Å². The normalized spacial score (nSPS) is 58.5. The van der Waals surface area contributed by atoms with E-state index in [2.05, 4.69) is 20.8 Å². The summed E-state index contributed by atoms with van der Waals surface area (Å²) < 4.78 is 0. The standard InChI is InChI=1S/C22H38O2/c1-13-11-18-15(12-22(13,4)24)5-6-17-16(18)9-10-21(3)19(14(2)23)7-8-20(17)21/h13-20,23-24H,5-12H2,1-4H3/t13-,14?,15-,16-,17+,18-,19+,20-,21+,22-/m0/s1. The zero-order valence-corrected chi connectivity index (χ0v) is 16.2. The maximum Gasteiger partial charge on any atom is 0.0648 e. The number of hydrogen-bond donors (Lipinski definition) is 2. The van der Waals surface area contributed by atoms with E-state index in [9.17, 15) is 10.2 Å². The minimum absolute atomic E-state index is 0.141. The first-order chi connectivity index (χ1) is 11.2. The molecule has 0 aromatic heterocycles. The molecule has 0 saturated heterocycles. The lowest BCUT2D eigenvalue weighted by molar-refractivity contribution is -0.126. The summed E-state index contributed by atoms with van der Waals surface area (Å²) in [5.74, 6) is 5.21. The van der Waals surface area contributed by atoms with Crippen molar-refractivity contribution < 1.29 is 10.2 Å². The molecular weight excluding hydrogens is 296 g/mol. The highest BCUT2D eigenvalue weighted by atomic mass is 16.3. The third-order valence-electron chi connectivity index (χ3n) is 9.54. The van der Waals surface area contributed by atoms with Gasteiger partial charge in [-0.3, -0.25) is 0 Å². The third kappa shape index (κ3) is 2.42. The van der Waals surface area contributed by atoms with Crippen molar-refractivity contribution in [3.8, 4) is 0 Å². The zero-order chi connectivity index (χ0) is 17.3. The lowest BCUT2D eigenvalue weighted by Crippen LogP contribution is -2.53. The van der Waals surface area contributed by atoms with Crippen molar-refractivity contribution in [1.82, 2.24) is 0 Å². The molecule has 0 amide bonds. The Morgan fingerprint density at radius 3 is 2.42 bits per heavy atom. The van der Waals surface area contributed by atoms with Crippen LogP contribution < -0.4 is 0 Å². The first-order valence-corrected chi connectivity index (χ1v) is 10.6. The van der Waals surface area contributed by atoms with Crippen LogP contribution in [0.1, 0.15) is 79.1 Å². The second-order valence-corrected chi connectivity index (χ2v) is 10.6. The van der Waals surface area contributed by atoms with Crippen molar-refractivity contribution in [3.05, 3.63) is 0 Å². The van der Waals surface area contributed by atoms with Gasteiger partial charge >= 0.3 is 0 Å². The smallest absolute Gasteiger partial charge is 0.0648 e. The Kier molecular flexibility index (Phi) is 4.12. The van der Waals surface area contributed by atoms with Gasteiger partial charge in [0.15, 0.2) is 0 Å². The van der Waals surface area contributed by atoms with Crippen molar-refractivity contribution in [2.45, 2.75) is 90.8 Å². The van der Waals surface area contributed by atoms with Gasteiger partial charge in [-0.1, -0.05) is 13.8 Å². The summed E-state index contributed by atoms with van der Waals surface area (Å²) in [4.78, 5) is 0. The van der Waals surface area contributed by atoms with Crippen molar-refractivity contribution in [2.75, 3.05) is 0 Å². The third-order valence-corrected chi connectivity index (χ3v) is 9.54. The van der Waals surface area contributed by atoms with Crippen LogP contribution in [-0.4, -0.2) is 21.9 Å². The molecule has 0 heterocycles. The summed E-state index contributed by atoms with van der Waals surface area (Å²) in [6.45, 7) is 8.86. The quantitative estimate of drug-likeness (QED) is 0.734. The van der Waals surface area contributed by atoms with Gasteiger partial charge in [0, 0.05) is 0 Å². The van der Waals surface area contributed by atoms with E-state index in [4.69, 9.17) is 0 Å². The molecule has 2 heteroatoms. The molecule has 0 aromatic rings. The van der Waals surface area contributed by atoms with Gasteiger partial charge in [0.2, 0.25) is 0 Å². The Bertz CT molecular complexity index is 484. The lowest BCUT2D eigenvalue weighted by Gasteiger charge is -2.58. The molecular formula is C22H38O2. The molecule has 0 bridgehead atoms. The molecule has 24 heavy (non-hydrogen) atoms. The fourth-order valence-corrected chi connectivity index (χ4v) is 8.08. The molecule has 2 nitrogen and oxygen atoms in total. The number of fused-ring (bicyclic) bond motifs is 5. The van der Waals surface area contributed by atoms with Gasteiger partial charge in [0.25, 0.3) is 0 Å². The molecule has 4 rings (SSSR count). The van der Waals surface area contributed by atoms with E-state index >= 15 is 0 Å². The molecule has 10 atom stereocenters. The number of rotatable bonds is 1. The largest absolute Gasteiger partial charge is 0.393 e. The van der Waals surface area contributed by atoms with Gasteiger partial charge < -0.3 is 10.2 Å². The van der Waals surface area contributed by atoms with Crippen LogP contribution in [0.25, 0.3) is 0 Å². The van der Waals surface area contributed by atoms with E-state index in [0.29, 0.717) is 17.3 Å². The monoisotopic (exact) mass is 334 g/mol. The molecule has 0 spiro atoms. The Labute approximate surface area is 148 Å². The van der Waals surface area contributed by atoms with Crippen LogP contribution >= 0.6 is 0 Å². The van der Waals surface area contributed by atoms with Gasteiger partial charge in [0.1, 0.15) is 0 Å². The molecule has 4 aliphatic rings. The average Bonchev–Trinajstić information content (AvgIpc) is 2.85. The highest BCUT2D eigenvalue weighted by Gasteiger charge is 2.58. The molecule has 4 fully saturated rings. The summed E-state index contributed by atoms with van der Waals surface area (Å²) >= 11 is 0. The summed E-state index contributed by atoms with van der Waals surface area (Å²) in [5.41, 5.74) is -0.0596. The predicted molar refractivity (Wildman–Crippen MR) is 97.5 cm³/mol. The van der Waals surface area contributed by atoms with Crippen LogP contribution in [0.3, 0.4) is 0 Å². The number of aliphatic hydroxyl groups excluding tert-OH is 1. The van der Waals surface area contributed by atoms with Crippen molar-refractivity contribution in [3.63, 3.8) is 0 Å². The maximum absolute atomic E-state index is 10.7. The van der Waals surface area contributed by atoms with Crippen LogP contribution in [-0.2, 0) is 0 Å². The molecule has 4 saturated carbocycles. The second kappa shape index (κ2) is 5.71. The molecule has 2 N–H and O–H groups in total. The van der Waals surface area contributed by atoms with E-state index in [0.717, 1.165) is 36.0 Å². The number of aliphatic hydroxyl groups is 2. The highest BCUT2D eigenvalue weighted by molar-refractivity contribution is 5.08. The van der Waals surface area contributed by atoms with E-state index in [1.807, 2.05) is 6.92 Å². The first-order valence-electron chi connectivity index (χ1n) is 10.6. The van der Waals surface area contributed by atoms with Crippen molar-refractivity contribution >= 4 is 0 Å². The van der Waals surface area contributed by atoms with Crippen molar-refractivity contribution in [1.29, 1.82) is 0 Å². The minimum atomic E-state index is -0.443. The molecule has 0 radical (unpaired) electrons. The van der Waals surface area contributed by atoms with Crippen LogP contribution in [0.5, 0.6) is 0 Å². The van der Waals surface area contributed by atoms with E-state index in [1.165, 1.54) is 44.9 Å². The summed E-state index contributed by atoms with van der Waals surface area (Å²) in [7, 11) is 0. The Hall–Kier alpha value is -0.0800. The van der Waals surface area contributed by atoms with Gasteiger partial charge in [-0.15, -0.1) is 0 Å². The summed E-state index contributed by atoms with van der Waals surface area (Å²) in [6, 6.07) is 0. The Morgan fingerprint density at radius 1 is 0.958 bits per heavy atom. The van der Waals surface area contributed by atoms with Gasteiger partial charge in [-0.05, 0) is 112 Å². The minimum Gasteiger partial charge on any atom is -0.393 e. The molecule has 138 valence electrons. The molecule has 0 aromatic carbocycles. The Balaban J connectivity index is 1.56. The summed E-state index contributed by atoms with van der Waals surface area (Å²) in [6.07, 6.45) is 10.1. The Morgan fingerprint density at radius 2 is 1.71 bits per heavy atom. The maximum atomic E-state index is 10.7.